The fourth-order valence-corrected chi connectivity index (χ4v) is 5.28. The maximum Gasteiger partial charge on any atom is 0.323 e. The summed E-state index contributed by atoms with van der Waals surface area (Å²) < 4.78 is 35.8. The van der Waals surface area contributed by atoms with Crippen molar-refractivity contribution in [3.8, 4) is 11.5 Å². The van der Waals surface area contributed by atoms with E-state index < -0.39 is 25.9 Å². The van der Waals surface area contributed by atoms with Crippen molar-refractivity contribution in [1.82, 2.24) is 5.09 Å². The summed E-state index contributed by atoms with van der Waals surface area (Å²) in [6, 6.07) is 13.2. The first-order valence-electron chi connectivity index (χ1n) is 11.4. The largest absolute Gasteiger partial charge is 0.508 e. The summed E-state index contributed by atoms with van der Waals surface area (Å²) in [6.45, 7) is 3.20. The molecule has 1 unspecified atom stereocenters. The van der Waals surface area contributed by atoms with Crippen molar-refractivity contribution < 1.29 is 33.2 Å². The van der Waals surface area contributed by atoms with Crippen LogP contribution in [0.1, 0.15) is 36.1 Å². The summed E-state index contributed by atoms with van der Waals surface area (Å²) in [4.78, 5) is 21.8. The van der Waals surface area contributed by atoms with Gasteiger partial charge in [0, 0.05) is 22.9 Å². The van der Waals surface area contributed by atoms with Crippen molar-refractivity contribution in [3.05, 3.63) is 92.7 Å². The van der Waals surface area contributed by atoms with Crippen LogP contribution in [0.2, 0.25) is 10.0 Å². The van der Waals surface area contributed by atoms with E-state index in [1.54, 1.807) is 31.2 Å². The van der Waals surface area contributed by atoms with E-state index in [0.717, 1.165) is 11.1 Å². The highest BCUT2D eigenvalue weighted by molar-refractivity contribution is 7.55. The van der Waals surface area contributed by atoms with Crippen LogP contribution in [0, 0.1) is 5.82 Å². The monoisotopic (exact) mass is 569 g/mol. The highest BCUT2D eigenvalue weighted by Gasteiger charge is 2.26. The van der Waals surface area contributed by atoms with Gasteiger partial charge in [-0.3, -0.25) is 9.36 Å². The molecule has 0 aromatic heterocycles. The Morgan fingerprint density at radius 2 is 1.68 bits per heavy atom. The third-order valence-electron chi connectivity index (χ3n) is 5.39. The number of hydrogen-bond donors (Lipinski definition) is 3. The Hall–Kier alpha value is -2.61. The number of phenolic OH excluding ortho intramolecular Hbond substituents is 1. The smallest absolute Gasteiger partial charge is 0.323 e. The highest BCUT2D eigenvalue weighted by Crippen LogP contribution is 2.38. The summed E-state index contributed by atoms with van der Waals surface area (Å²) in [7, 11) is -4.03. The average molecular weight is 570 g/mol. The van der Waals surface area contributed by atoms with Gasteiger partial charge in [-0.25, -0.2) is 9.48 Å². The van der Waals surface area contributed by atoms with Crippen LogP contribution in [-0.4, -0.2) is 35.0 Å². The van der Waals surface area contributed by atoms with Crippen LogP contribution in [0.25, 0.3) is 0 Å². The minimum absolute atomic E-state index is 0.119. The molecule has 0 aliphatic heterocycles. The van der Waals surface area contributed by atoms with Gasteiger partial charge in [0.2, 0.25) is 0 Å². The van der Waals surface area contributed by atoms with Crippen molar-refractivity contribution in [2.75, 3.05) is 13.0 Å². The van der Waals surface area contributed by atoms with E-state index in [1.165, 1.54) is 31.2 Å². The number of carbonyl (C=O) groups excluding carboxylic acids is 1. The van der Waals surface area contributed by atoms with Crippen molar-refractivity contribution >= 4 is 36.7 Å². The molecule has 0 radical (unpaired) electrons. The Morgan fingerprint density at radius 3 is 2.30 bits per heavy atom. The van der Waals surface area contributed by atoms with E-state index in [4.69, 9.17) is 32.7 Å². The number of hydrogen-bond acceptors (Lipinski definition) is 5. The van der Waals surface area contributed by atoms with Crippen LogP contribution >= 0.6 is 30.7 Å². The van der Waals surface area contributed by atoms with Gasteiger partial charge in [0.1, 0.15) is 23.4 Å². The summed E-state index contributed by atoms with van der Waals surface area (Å²) in [6.07, 6.45) is 0.150. The lowest BCUT2D eigenvalue weighted by Crippen LogP contribution is -2.34. The third-order valence-corrected chi connectivity index (χ3v) is 7.33. The van der Waals surface area contributed by atoms with Crippen molar-refractivity contribution in [2.45, 2.75) is 32.7 Å². The minimum atomic E-state index is -4.03. The van der Waals surface area contributed by atoms with Gasteiger partial charge in [0.15, 0.2) is 6.35 Å². The number of carbonyl (C=O) groups is 1. The standard InChI is InChI=1S/C26H27Cl2FNO6P/c1-3-35-26(32)16(2)30-37(33,34)15-36-21-13-23(27)22(24(28)14-21)12-18-6-9-25(31)19(11-18)10-17-4-7-20(29)8-5-17/h4-9,11,13-14,16,31H,3,10,12,15H2,1-2H3,(H2,30,33,34)/t16-/m1/s1. The second-order valence-electron chi connectivity index (χ2n) is 8.39. The summed E-state index contributed by atoms with van der Waals surface area (Å²) in [5, 5.41) is 13.2. The Morgan fingerprint density at radius 1 is 1.05 bits per heavy atom. The molecular weight excluding hydrogens is 543 g/mol. The fourth-order valence-electron chi connectivity index (χ4n) is 3.57. The van der Waals surface area contributed by atoms with Crippen LogP contribution < -0.4 is 9.82 Å². The fraction of sp³-hybridized carbons (Fsp3) is 0.269. The van der Waals surface area contributed by atoms with Gasteiger partial charge in [0.05, 0.1) is 6.61 Å². The van der Waals surface area contributed by atoms with Crippen LogP contribution in [0.15, 0.2) is 54.6 Å². The zero-order valence-electron chi connectivity index (χ0n) is 20.2. The molecule has 0 aliphatic rings. The molecule has 7 nitrogen and oxygen atoms in total. The van der Waals surface area contributed by atoms with Crippen LogP contribution in [-0.2, 0) is 26.9 Å². The number of aromatic hydroxyl groups is 1. The topological polar surface area (TPSA) is 105 Å². The lowest BCUT2D eigenvalue weighted by atomic mass is 9.98. The van der Waals surface area contributed by atoms with Gasteiger partial charge in [0.25, 0.3) is 0 Å². The summed E-state index contributed by atoms with van der Waals surface area (Å²) in [5.74, 6) is -0.681. The average Bonchev–Trinajstić information content (AvgIpc) is 2.83. The van der Waals surface area contributed by atoms with E-state index in [0.29, 0.717) is 24.0 Å². The number of halogens is 3. The van der Waals surface area contributed by atoms with E-state index >= 15 is 0 Å². The molecule has 0 saturated heterocycles. The lowest BCUT2D eigenvalue weighted by molar-refractivity contribution is -0.144. The van der Waals surface area contributed by atoms with Gasteiger partial charge < -0.3 is 19.5 Å². The Labute approximate surface area is 224 Å². The Bertz CT molecular complexity index is 1280. The summed E-state index contributed by atoms with van der Waals surface area (Å²) in [5.41, 5.74) is 2.96. The molecule has 3 rings (SSSR count). The van der Waals surface area contributed by atoms with E-state index in [2.05, 4.69) is 5.09 Å². The number of phenols is 1. The maximum atomic E-state index is 13.2. The zero-order chi connectivity index (χ0) is 27.2. The van der Waals surface area contributed by atoms with Crippen molar-refractivity contribution in [2.24, 2.45) is 0 Å². The molecule has 3 aromatic rings. The SMILES string of the molecule is CCOC(=O)[C@@H](C)NP(=O)(O)COc1cc(Cl)c(Cc2ccc(O)c(Cc3ccc(F)cc3)c2)c(Cl)c1. The predicted molar refractivity (Wildman–Crippen MR) is 141 cm³/mol. The molecule has 2 atom stereocenters. The molecule has 3 aromatic carbocycles. The number of ether oxygens (including phenoxy) is 2. The maximum absolute atomic E-state index is 13.2. The Kier molecular flexibility index (Phi) is 9.99. The normalized spacial score (nSPS) is 13.6. The first-order chi connectivity index (χ1) is 17.5. The predicted octanol–water partition coefficient (Wildman–Crippen LogP) is 6.08. The van der Waals surface area contributed by atoms with Crippen molar-refractivity contribution in [1.29, 1.82) is 0 Å². The molecule has 0 amide bonds. The summed E-state index contributed by atoms with van der Waals surface area (Å²) >= 11 is 12.9. The van der Waals surface area contributed by atoms with Crippen LogP contribution in [0.3, 0.4) is 0 Å². The molecular formula is C26H27Cl2FNO6P. The molecule has 3 N–H and O–H groups in total. The number of benzene rings is 3. The van der Waals surface area contributed by atoms with Crippen LogP contribution in [0.4, 0.5) is 4.39 Å². The lowest BCUT2D eigenvalue weighted by Gasteiger charge is -2.19. The van der Waals surface area contributed by atoms with Gasteiger partial charge in [-0.2, -0.15) is 0 Å². The van der Waals surface area contributed by atoms with Crippen LogP contribution in [0.5, 0.6) is 11.5 Å². The molecule has 0 saturated carbocycles. The molecule has 0 fully saturated rings. The molecule has 198 valence electrons. The molecule has 0 spiro atoms. The Balaban J connectivity index is 1.69. The van der Waals surface area contributed by atoms with E-state index in [9.17, 15) is 23.7 Å². The minimum Gasteiger partial charge on any atom is -0.508 e. The molecule has 0 bridgehead atoms. The van der Waals surface area contributed by atoms with E-state index in [1.807, 2.05) is 6.07 Å². The van der Waals surface area contributed by atoms with Gasteiger partial charge in [-0.05, 0) is 66.4 Å². The van der Waals surface area contributed by atoms with E-state index in [-0.39, 0.29) is 34.0 Å². The quantitative estimate of drug-likeness (QED) is 0.190. The number of nitrogens with one attached hydrogen (secondary N) is 1. The molecule has 0 heterocycles. The second-order valence-corrected chi connectivity index (χ2v) is 11.1. The second kappa shape index (κ2) is 12.8. The molecule has 37 heavy (non-hydrogen) atoms. The zero-order valence-corrected chi connectivity index (χ0v) is 22.6. The number of rotatable bonds is 11. The molecule has 0 aliphatic carbocycles. The molecule has 11 heteroatoms. The van der Waals surface area contributed by atoms with Gasteiger partial charge in [-0.15, -0.1) is 0 Å². The first-order valence-corrected chi connectivity index (χ1v) is 14.0. The van der Waals surface area contributed by atoms with Crippen molar-refractivity contribution in [3.63, 3.8) is 0 Å². The first kappa shape index (κ1) is 29.0. The van der Waals surface area contributed by atoms with Gasteiger partial charge >= 0.3 is 13.5 Å². The number of esters is 1. The highest BCUT2D eigenvalue weighted by atomic mass is 35.5. The third kappa shape index (κ3) is 8.45. The van der Waals surface area contributed by atoms with Gasteiger partial charge in [-0.1, -0.05) is 47.5 Å².